The second-order valence-corrected chi connectivity index (χ2v) is 7.89. The van der Waals surface area contributed by atoms with Crippen molar-refractivity contribution < 1.29 is 17.5 Å². The molecule has 114 valence electrons. The zero-order chi connectivity index (χ0) is 15.4. The molecule has 0 aliphatic rings. The minimum absolute atomic E-state index is 0.117. The largest absolute Gasteiger partial charge is 0.490 e. The molecule has 0 unspecified atom stereocenters. The van der Waals surface area contributed by atoms with Crippen molar-refractivity contribution in [1.82, 2.24) is 0 Å². The Morgan fingerprint density at radius 2 is 1.90 bits per heavy atom. The van der Waals surface area contributed by atoms with Crippen molar-refractivity contribution in [1.29, 1.82) is 0 Å². The first-order chi connectivity index (χ1) is 9.21. The van der Waals surface area contributed by atoms with Crippen LogP contribution in [-0.4, -0.2) is 20.8 Å². The fourth-order valence-electron chi connectivity index (χ4n) is 2.02. The van der Waals surface area contributed by atoms with Crippen molar-refractivity contribution in [3.63, 3.8) is 0 Å². The maximum atomic E-state index is 13.6. The van der Waals surface area contributed by atoms with Crippen LogP contribution in [0.15, 0.2) is 18.2 Å². The van der Waals surface area contributed by atoms with Crippen molar-refractivity contribution in [3.05, 3.63) is 29.6 Å². The van der Waals surface area contributed by atoms with E-state index < -0.39 is 20.3 Å². The van der Waals surface area contributed by atoms with Gasteiger partial charge in [-0.1, -0.05) is 19.9 Å². The van der Waals surface area contributed by atoms with Crippen LogP contribution in [0, 0.1) is 18.2 Å². The van der Waals surface area contributed by atoms with Gasteiger partial charge < -0.3 is 4.74 Å². The Morgan fingerprint density at radius 1 is 1.30 bits per heavy atom. The minimum atomic E-state index is -3.63. The lowest BCUT2D eigenvalue weighted by Crippen LogP contribution is -2.34. The van der Waals surface area contributed by atoms with E-state index in [4.69, 9.17) is 15.4 Å². The highest BCUT2D eigenvalue weighted by Crippen LogP contribution is 2.31. The third kappa shape index (κ3) is 4.94. The molecule has 1 aromatic rings. The minimum Gasteiger partial charge on any atom is -0.490 e. The van der Waals surface area contributed by atoms with Gasteiger partial charge in [-0.2, -0.15) is 0 Å². The van der Waals surface area contributed by atoms with Gasteiger partial charge in [-0.05, 0) is 37.5 Å². The zero-order valence-corrected chi connectivity index (χ0v) is 13.5. The second kappa shape index (κ2) is 6.76. The van der Waals surface area contributed by atoms with E-state index in [9.17, 15) is 12.8 Å². The molecule has 0 aliphatic carbocycles. The highest BCUT2D eigenvalue weighted by Gasteiger charge is 2.32. The van der Waals surface area contributed by atoms with Gasteiger partial charge in [0.15, 0.2) is 11.6 Å². The third-order valence-corrected chi connectivity index (χ3v) is 4.88. The monoisotopic (exact) mass is 322 g/mol. The summed E-state index contributed by atoms with van der Waals surface area (Å²) in [6.07, 6.45) is 1.17. The average molecular weight is 323 g/mol. The van der Waals surface area contributed by atoms with Crippen molar-refractivity contribution in [2.75, 3.05) is 12.4 Å². The van der Waals surface area contributed by atoms with Crippen LogP contribution < -0.4 is 4.74 Å². The van der Waals surface area contributed by atoms with Gasteiger partial charge in [0, 0.05) is 16.1 Å². The Hall–Kier alpha value is -0.810. The Morgan fingerprint density at radius 3 is 2.40 bits per heavy atom. The number of ether oxygens (including phenoxy) is 1. The van der Waals surface area contributed by atoms with E-state index in [1.54, 1.807) is 12.1 Å². The lowest BCUT2D eigenvalue weighted by Gasteiger charge is -2.30. The molecular weight excluding hydrogens is 303 g/mol. The molecule has 0 fully saturated rings. The molecule has 0 atom stereocenters. The molecule has 6 heteroatoms. The molecule has 0 aromatic heterocycles. The summed E-state index contributed by atoms with van der Waals surface area (Å²) in [6.45, 7) is 5.71. The third-order valence-electron chi connectivity index (χ3n) is 3.60. The second-order valence-electron chi connectivity index (χ2n) is 5.11. The first-order valence-electron chi connectivity index (χ1n) is 6.52. The summed E-state index contributed by atoms with van der Waals surface area (Å²) in [5.74, 6) is -0.490. The molecule has 0 N–H and O–H groups in total. The zero-order valence-electron chi connectivity index (χ0n) is 11.9. The van der Waals surface area contributed by atoms with Crippen LogP contribution >= 0.6 is 10.7 Å². The number of halogens is 2. The number of rotatable bonds is 7. The molecule has 0 saturated carbocycles. The van der Waals surface area contributed by atoms with Crippen LogP contribution in [0.25, 0.3) is 0 Å². The summed E-state index contributed by atoms with van der Waals surface area (Å²) >= 11 is 0. The molecular formula is C14H20ClFO3S. The fraction of sp³-hybridized carbons (Fsp3) is 0.571. The molecule has 3 nitrogen and oxygen atoms in total. The van der Waals surface area contributed by atoms with Crippen LogP contribution in [0.4, 0.5) is 4.39 Å². The lowest BCUT2D eigenvalue weighted by atomic mass is 9.85. The Balaban J connectivity index is 2.89. The molecule has 0 amide bonds. The van der Waals surface area contributed by atoms with E-state index in [0.717, 1.165) is 5.56 Å². The van der Waals surface area contributed by atoms with Crippen molar-refractivity contribution in [2.45, 2.75) is 33.6 Å². The summed E-state index contributed by atoms with van der Waals surface area (Å²) < 4.78 is 41.8. The maximum absolute atomic E-state index is 13.6. The Bertz CT molecular complexity index is 554. The Kier molecular flexibility index (Phi) is 5.83. The van der Waals surface area contributed by atoms with Gasteiger partial charge in [0.1, 0.15) is 0 Å². The van der Waals surface area contributed by atoms with Gasteiger partial charge in [-0.3, -0.25) is 0 Å². The first-order valence-corrected chi connectivity index (χ1v) is 9.00. The number of benzene rings is 1. The fourth-order valence-corrected chi connectivity index (χ4v) is 3.94. The van der Waals surface area contributed by atoms with Gasteiger partial charge in [0.05, 0.1) is 12.4 Å². The molecule has 1 aromatic carbocycles. The number of hydrogen-bond donors (Lipinski definition) is 0. The number of aryl methyl sites for hydroxylation is 1. The molecule has 0 saturated heterocycles. The topological polar surface area (TPSA) is 43.4 Å². The normalized spacial score (nSPS) is 12.4. The highest BCUT2D eigenvalue weighted by atomic mass is 35.7. The first kappa shape index (κ1) is 17.2. The van der Waals surface area contributed by atoms with Gasteiger partial charge >= 0.3 is 0 Å². The molecule has 0 spiro atoms. The van der Waals surface area contributed by atoms with Crippen LogP contribution in [-0.2, 0) is 9.05 Å². The van der Waals surface area contributed by atoms with Crippen LogP contribution in [0.3, 0.4) is 0 Å². The number of hydrogen-bond acceptors (Lipinski definition) is 3. The van der Waals surface area contributed by atoms with Gasteiger partial charge in [-0.15, -0.1) is 0 Å². The standard InChI is InChI=1S/C14H20ClFO3S/c1-4-14(5-2,10-20(15,17)18)9-19-13-8-11(3)6-7-12(13)16/h6-8H,4-5,9-10H2,1-3H3. The smallest absolute Gasteiger partial charge is 0.233 e. The summed E-state index contributed by atoms with van der Waals surface area (Å²) in [4.78, 5) is 0. The van der Waals surface area contributed by atoms with E-state index in [-0.39, 0.29) is 18.1 Å². The summed E-state index contributed by atoms with van der Waals surface area (Å²) in [5, 5.41) is 0. The summed E-state index contributed by atoms with van der Waals surface area (Å²) in [6, 6.07) is 4.58. The van der Waals surface area contributed by atoms with E-state index in [0.29, 0.717) is 12.8 Å². The van der Waals surface area contributed by atoms with E-state index in [1.165, 1.54) is 6.07 Å². The van der Waals surface area contributed by atoms with E-state index in [1.807, 2.05) is 20.8 Å². The SMILES string of the molecule is CCC(CC)(COc1cc(C)ccc1F)CS(=O)(=O)Cl. The molecule has 0 aliphatic heterocycles. The van der Waals surface area contributed by atoms with E-state index >= 15 is 0 Å². The van der Waals surface area contributed by atoms with Crippen molar-refractivity contribution >= 4 is 19.7 Å². The quantitative estimate of drug-likeness (QED) is 0.715. The van der Waals surface area contributed by atoms with Crippen LogP contribution in [0.1, 0.15) is 32.3 Å². The maximum Gasteiger partial charge on any atom is 0.233 e. The van der Waals surface area contributed by atoms with Gasteiger partial charge in [0.25, 0.3) is 0 Å². The summed E-state index contributed by atoms with van der Waals surface area (Å²) in [7, 11) is 1.73. The lowest BCUT2D eigenvalue weighted by molar-refractivity contribution is 0.150. The predicted molar refractivity (Wildman–Crippen MR) is 79.3 cm³/mol. The molecule has 0 radical (unpaired) electrons. The summed E-state index contributed by atoms with van der Waals surface area (Å²) in [5.41, 5.74) is 0.279. The molecule has 0 bridgehead atoms. The predicted octanol–water partition coefficient (Wildman–Crippen LogP) is 3.89. The van der Waals surface area contributed by atoms with Crippen molar-refractivity contribution in [2.24, 2.45) is 5.41 Å². The molecule has 20 heavy (non-hydrogen) atoms. The van der Waals surface area contributed by atoms with E-state index in [2.05, 4.69) is 0 Å². The van der Waals surface area contributed by atoms with Crippen LogP contribution in [0.2, 0.25) is 0 Å². The Labute approximate surface area is 124 Å². The van der Waals surface area contributed by atoms with Gasteiger partial charge in [-0.25, -0.2) is 12.8 Å². The van der Waals surface area contributed by atoms with Crippen molar-refractivity contribution in [3.8, 4) is 5.75 Å². The average Bonchev–Trinajstić information content (AvgIpc) is 2.37. The molecule has 1 rings (SSSR count). The molecule has 0 heterocycles. The highest BCUT2D eigenvalue weighted by molar-refractivity contribution is 8.13. The van der Waals surface area contributed by atoms with Crippen LogP contribution in [0.5, 0.6) is 5.75 Å². The van der Waals surface area contributed by atoms with Gasteiger partial charge in [0.2, 0.25) is 9.05 Å².